The highest BCUT2D eigenvalue weighted by Crippen LogP contribution is 2.14. The number of benzene rings is 1. The van der Waals surface area contributed by atoms with Crippen LogP contribution in [0, 0.1) is 6.92 Å². The number of aliphatic carboxylic acids is 1. The maximum absolute atomic E-state index is 10.6. The predicted molar refractivity (Wildman–Crippen MR) is 101 cm³/mol. The molecule has 0 spiro atoms. The quantitative estimate of drug-likeness (QED) is 0.611. The average molecular weight is 391 g/mol. The van der Waals surface area contributed by atoms with Crippen molar-refractivity contribution in [3.05, 3.63) is 35.4 Å². The van der Waals surface area contributed by atoms with Gasteiger partial charge in [-0.15, -0.1) is 0 Å². The molecule has 0 heterocycles. The minimum atomic E-state index is -5.08. The zero-order chi connectivity index (χ0) is 21.3. The molecular formula is C20H32F3NO3. The Morgan fingerprint density at radius 2 is 1.59 bits per heavy atom. The predicted octanol–water partition coefficient (Wildman–Crippen LogP) is 4.48. The first kappa shape index (κ1) is 25.4. The van der Waals surface area contributed by atoms with Gasteiger partial charge in [0.1, 0.15) is 0 Å². The van der Waals surface area contributed by atoms with Crippen LogP contribution in [0.1, 0.15) is 58.1 Å². The van der Waals surface area contributed by atoms with Crippen LogP contribution in [-0.4, -0.2) is 40.0 Å². The number of rotatable bonds is 8. The van der Waals surface area contributed by atoms with Crippen molar-refractivity contribution in [2.75, 3.05) is 0 Å². The van der Waals surface area contributed by atoms with Crippen LogP contribution in [0.3, 0.4) is 0 Å². The molecule has 2 atom stereocenters. The summed E-state index contributed by atoms with van der Waals surface area (Å²) in [5.41, 5.74) is 2.17. The number of alkyl halides is 3. The van der Waals surface area contributed by atoms with Gasteiger partial charge in [-0.25, -0.2) is 4.79 Å². The summed E-state index contributed by atoms with van der Waals surface area (Å²) in [7, 11) is 0. The average Bonchev–Trinajstić information content (AvgIpc) is 2.47. The zero-order valence-corrected chi connectivity index (χ0v) is 16.7. The van der Waals surface area contributed by atoms with E-state index >= 15 is 0 Å². The van der Waals surface area contributed by atoms with Crippen LogP contribution in [-0.2, 0) is 11.2 Å². The standard InChI is InChI=1S/C18H31NO.C2HF3O2/c1-14-8-10-17(11-9-14)13-16(3)19-15(2)7-6-12-18(4,5)20;3-2(4,5)1(6)7/h8-11,15-16,19-20H,6-7,12-13H2,1-5H3;(H,6,7). The van der Waals surface area contributed by atoms with Crippen LogP contribution >= 0.6 is 0 Å². The van der Waals surface area contributed by atoms with Gasteiger partial charge in [0, 0.05) is 12.1 Å². The molecule has 1 aromatic rings. The summed E-state index contributed by atoms with van der Waals surface area (Å²) in [6.07, 6.45) is -0.974. The first-order valence-electron chi connectivity index (χ1n) is 9.05. The fraction of sp³-hybridized carbons (Fsp3) is 0.650. The molecule has 4 nitrogen and oxygen atoms in total. The Morgan fingerprint density at radius 3 is 2.00 bits per heavy atom. The highest BCUT2D eigenvalue weighted by atomic mass is 19.4. The molecule has 156 valence electrons. The number of aliphatic hydroxyl groups is 1. The summed E-state index contributed by atoms with van der Waals surface area (Å²) >= 11 is 0. The number of carbonyl (C=O) groups is 1. The Balaban J connectivity index is 0.000000821. The van der Waals surface area contributed by atoms with Crippen molar-refractivity contribution in [3.63, 3.8) is 0 Å². The Kier molecular flexibility index (Phi) is 10.6. The van der Waals surface area contributed by atoms with Crippen molar-refractivity contribution in [3.8, 4) is 0 Å². The zero-order valence-electron chi connectivity index (χ0n) is 16.7. The third kappa shape index (κ3) is 14.2. The van der Waals surface area contributed by atoms with Gasteiger partial charge >= 0.3 is 12.1 Å². The molecule has 27 heavy (non-hydrogen) atoms. The maximum atomic E-state index is 10.6. The molecule has 0 saturated heterocycles. The van der Waals surface area contributed by atoms with Crippen molar-refractivity contribution in [2.45, 2.75) is 84.2 Å². The second kappa shape index (κ2) is 11.3. The lowest BCUT2D eigenvalue weighted by Gasteiger charge is -2.22. The van der Waals surface area contributed by atoms with Crippen LogP contribution in [0.2, 0.25) is 0 Å². The molecule has 1 rings (SSSR count). The van der Waals surface area contributed by atoms with E-state index in [0.29, 0.717) is 12.1 Å². The summed E-state index contributed by atoms with van der Waals surface area (Å²) in [4.78, 5) is 8.90. The van der Waals surface area contributed by atoms with Crippen LogP contribution in [0.15, 0.2) is 24.3 Å². The van der Waals surface area contributed by atoms with Crippen LogP contribution in [0.4, 0.5) is 13.2 Å². The van der Waals surface area contributed by atoms with Crippen molar-refractivity contribution in [2.24, 2.45) is 0 Å². The van der Waals surface area contributed by atoms with Gasteiger partial charge in [0.25, 0.3) is 0 Å². The van der Waals surface area contributed by atoms with Crippen LogP contribution < -0.4 is 5.32 Å². The number of halogens is 3. The lowest BCUT2D eigenvalue weighted by Crippen LogP contribution is -2.36. The van der Waals surface area contributed by atoms with Gasteiger partial charge in [0.15, 0.2) is 0 Å². The number of carboxylic acid groups (broad SMARTS) is 1. The van der Waals surface area contributed by atoms with Gasteiger partial charge < -0.3 is 15.5 Å². The van der Waals surface area contributed by atoms with Gasteiger partial charge in [0.2, 0.25) is 0 Å². The second-order valence-electron chi connectivity index (χ2n) is 7.67. The van der Waals surface area contributed by atoms with Crippen LogP contribution in [0.5, 0.6) is 0 Å². The topological polar surface area (TPSA) is 69.6 Å². The van der Waals surface area contributed by atoms with E-state index in [2.05, 4.69) is 50.4 Å². The summed E-state index contributed by atoms with van der Waals surface area (Å²) in [6.45, 7) is 10.4. The van der Waals surface area contributed by atoms with E-state index < -0.39 is 17.7 Å². The van der Waals surface area contributed by atoms with E-state index in [0.717, 1.165) is 25.7 Å². The highest BCUT2D eigenvalue weighted by molar-refractivity contribution is 5.73. The van der Waals surface area contributed by atoms with Crippen LogP contribution in [0.25, 0.3) is 0 Å². The van der Waals surface area contributed by atoms with E-state index in [9.17, 15) is 18.3 Å². The fourth-order valence-electron chi connectivity index (χ4n) is 2.55. The summed E-state index contributed by atoms with van der Waals surface area (Å²) in [5, 5.41) is 20.5. The number of nitrogens with one attached hydrogen (secondary N) is 1. The lowest BCUT2D eigenvalue weighted by atomic mass is 9.99. The number of hydrogen-bond donors (Lipinski definition) is 3. The van der Waals surface area contributed by atoms with Gasteiger partial charge in [-0.05, 0) is 65.9 Å². The van der Waals surface area contributed by atoms with E-state index in [1.54, 1.807) is 0 Å². The van der Waals surface area contributed by atoms with Crippen molar-refractivity contribution in [1.82, 2.24) is 5.32 Å². The Labute approximate surface area is 159 Å². The first-order valence-corrected chi connectivity index (χ1v) is 9.05. The molecule has 0 aliphatic rings. The SMILES string of the molecule is Cc1ccc(CC(C)NC(C)CCCC(C)(C)O)cc1.O=C(O)C(F)(F)F. The largest absolute Gasteiger partial charge is 0.490 e. The molecule has 7 heteroatoms. The summed E-state index contributed by atoms with van der Waals surface area (Å²) in [5.74, 6) is -2.76. The van der Waals surface area contributed by atoms with Gasteiger partial charge in [-0.2, -0.15) is 13.2 Å². The molecule has 0 amide bonds. The number of hydrogen-bond acceptors (Lipinski definition) is 3. The second-order valence-corrected chi connectivity index (χ2v) is 7.67. The molecule has 2 unspecified atom stereocenters. The van der Waals surface area contributed by atoms with Crippen molar-refractivity contribution >= 4 is 5.97 Å². The lowest BCUT2D eigenvalue weighted by molar-refractivity contribution is -0.192. The monoisotopic (exact) mass is 391 g/mol. The number of carboxylic acids is 1. The van der Waals surface area contributed by atoms with Crippen molar-refractivity contribution in [1.29, 1.82) is 0 Å². The molecule has 0 radical (unpaired) electrons. The third-order valence-electron chi connectivity index (χ3n) is 3.90. The van der Waals surface area contributed by atoms with Crippen molar-refractivity contribution < 1.29 is 28.2 Å². The molecule has 0 saturated carbocycles. The third-order valence-corrected chi connectivity index (χ3v) is 3.90. The molecule has 0 aromatic heterocycles. The minimum Gasteiger partial charge on any atom is -0.475 e. The van der Waals surface area contributed by atoms with E-state index in [4.69, 9.17) is 9.90 Å². The molecule has 0 bridgehead atoms. The van der Waals surface area contributed by atoms with E-state index in [1.165, 1.54) is 11.1 Å². The molecule has 3 N–H and O–H groups in total. The molecule has 0 fully saturated rings. The Morgan fingerprint density at radius 1 is 1.11 bits per heavy atom. The minimum absolute atomic E-state index is 0.481. The maximum Gasteiger partial charge on any atom is 0.490 e. The van der Waals surface area contributed by atoms with E-state index in [-0.39, 0.29) is 0 Å². The normalized spacial score (nSPS) is 14.1. The summed E-state index contributed by atoms with van der Waals surface area (Å²) < 4.78 is 31.7. The fourth-order valence-corrected chi connectivity index (χ4v) is 2.55. The molecular weight excluding hydrogens is 359 g/mol. The van der Waals surface area contributed by atoms with Gasteiger partial charge in [-0.1, -0.05) is 29.8 Å². The van der Waals surface area contributed by atoms with Gasteiger partial charge in [-0.3, -0.25) is 0 Å². The summed E-state index contributed by atoms with van der Waals surface area (Å²) in [6, 6.07) is 9.76. The van der Waals surface area contributed by atoms with Gasteiger partial charge in [0.05, 0.1) is 5.60 Å². The smallest absolute Gasteiger partial charge is 0.475 e. The highest BCUT2D eigenvalue weighted by Gasteiger charge is 2.38. The molecule has 0 aliphatic carbocycles. The first-order chi connectivity index (χ1) is 12.2. The Bertz CT molecular complexity index is 551. The Hall–Kier alpha value is -1.60. The van der Waals surface area contributed by atoms with E-state index in [1.807, 2.05) is 13.8 Å². The number of aryl methyl sites for hydroxylation is 1. The molecule has 0 aliphatic heterocycles. The molecule has 1 aromatic carbocycles.